The van der Waals surface area contributed by atoms with E-state index in [1.807, 2.05) is 6.92 Å². The molecule has 6 heteroatoms. The standard InChI is InChI=1S/C13H20N4S2/c1-5-7-10-14-9(4)11(19-10)12-15-16-13(18)17(12)8(3)6-2/h8H,5-7H2,1-4H3,(H,16,18). The molecule has 104 valence electrons. The third kappa shape index (κ3) is 2.79. The van der Waals surface area contributed by atoms with Crippen LogP contribution in [0.4, 0.5) is 0 Å². The monoisotopic (exact) mass is 296 g/mol. The lowest BCUT2D eigenvalue weighted by molar-refractivity contribution is 0.529. The van der Waals surface area contributed by atoms with E-state index < -0.39 is 0 Å². The molecule has 2 aromatic heterocycles. The summed E-state index contributed by atoms with van der Waals surface area (Å²) in [7, 11) is 0. The Balaban J connectivity index is 2.50. The van der Waals surface area contributed by atoms with Crippen molar-refractivity contribution in [1.82, 2.24) is 19.7 Å². The van der Waals surface area contributed by atoms with Gasteiger partial charge >= 0.3 is 0 Å². The molecule has 1 atom stereocenters. The summed E-state index contributed by atoms with van der Waals surface area (Å²) in [4.78, 5) is 5.76. The Bertz CT molecular complexity index is 608. The molecule has 0 aliphatic rings. The van der Waals surface area contributed by atoms with Crippen molar-refractivity contribution in [2.75, 3.05) is 0 Å². The first-order chi connectivity index (χ1) is 9.08. The van der Waals surface area contributed by atoms with Crippen molar-refractivity contribution in [3.8, 4) is 10.7 Å². The van der Waals surface area contributed by atoms with Crippen LogP contribution < -0.4 is 0 Å². The van der Waals surface area contributed by atoms with Gasteiger partial charge in [-0.15, -0.1) is 11.3 Å². The van der Waals surface area contributed by atoms with Crippen LogP contribution in [0.1, 0.15) is 50.4 Å². The zero-order valence-corrected chi connectivity index (χ0v) is 13.5. The van der Waals surface area contributed by atoms with Gasteiger partial charge < -0.3 is 0 Å². The van der Waals surface area contributed by atoms with Crippen LogP contribution in [0.3, 0.4) is 0 Å². The average molecular weight is 296 g/mol. The lowest BCUT2D eigenvalue weighted by atomic mass is 10.2. The van der Waals surface area contributed by atoms with Crippen LogP contribution in [0.2, 0.25) is 0 Å². The third-order valence-corrected chi connectivity index (χ3v) is 4.75. The fourth-order valence-corrected chi connectivity index (χ4v) is 3.50. The van der Waals surface area contributed by atoms with Crippen molar-refractivity contribution in [3.63, 3.8) is 0 Å². The molecule has 0 radical (unpaired) electrons. The van der Waals surface area contributed by atoms with E-state index in [2.05, 4.69) is 40.5 Å². The van der Waals surface area contributed by atoms with Gasteiger partial charge in [-0.1, -0.05) is 13.8 Å². The Morgan fingerprint density at radius 1 is 1.42 bits per heavy atom. The van der Waals surface area contributed by atoms with Gasteiger partial charge in [-0.05, 0) is 45.3 Å². The average Bonchev–Trinajstić information content (AvgIpc) is 2.92. The number of aromatic amines is 1. The molecule has 0 amide bonds. The second kappa shape index (κ2) is 5.96. The van der Waals surface area contributed by atoms with E-state index in [0.29, 0.717) is 10.8 Å². The van der Waals surface area contributed by atoms with E-state index in [4.69, 9.17) is 12.2 Å². The zero-order valence-electron chi connectivity index (χ0n) is 11.9. The zero-order chi connectivity index (χ0) is 14.0. The predicted molar refractivity (Wildman–Crippen MR) is 82.3 cm³/mol. The molecule has 0 saturated heterocycles. The van der Waals surface area contributed by atoms with Crippen LogP contribution in [0.15, 0.2) is 0 Å². The van der Waals surface area contributed by atoms with E-state index in [0.717, 1.165) is 35.7 Å². The van der Waals surface area contributed by atoms with Crippen LogP contribution in [0.25, 0.3) is 10.7 Å². The van der Waals surface area contributed by atoms with Gasteiger partial charge in [-0.2, -0.15) is 5.10 Å². The maximum atomic E-state index is 5.35. The molecule has 1 unspecified atom stereocenters. The number of rotatable bonds is 5. The quantitative estimate of drug-likeness (QED) is 0.837. The highest BCUT2D eigenvalue weighted by Crippen LogP contribution is 2.31. The SMILES string of the molecule is CCCc1nc(C)c(-c2n[nH]c(=S)n2C(C)CC)s1. The van der Waals surface area contributed by atoms with Crippen molar-refractivity contribution in [1.29, 1.82) is 0 Å². The number of aryl methyl sites for hydroxylation is 2. The molecule has 0 spiro atoms. The van der Waals surface area contributed by atoms with Gasteiger partial charge in [0.05, 0.1) is 15.6 Å². The summed E-state index contributed by atoms with van der Waals surface area (Å²) in [6.45, 7) is 8.54. The summed E-state index contributed by atoms with van der Waals surface area (Å²) in [6, 6.07) is 0.345. The Morgan fingerprint density at radius 3 is 2.79 bits per heavy atom. The van der Waals surface area contributed by atoms with Gasteiger partial charge in [0.2, 0.25) is 0 Å². The second-order valence-electron chi connectivity index (χ2n) is 4.75. The van der Waals surface area contributed by atoms with Gasteiger partial charge in [0.15, 0.2) is 10.6 Å². The number of hydrogen-bond acceptors (Lipinski definition) is 4. The lowest BCUT2D eigenvalue weighted by Crippen LogP contribution is -2.06. The molecule has 4 nitrogen and oxygen atoms in total. The summed E-state index contributed by atoms with van der Waals surface area (Å²) < 4.78 is 2.79. The largest absolute Gasteiger partial charge is 0.297 e. The highest BCUT2D eigenvalue weighted by atomic mass is 32.1. The maximum absolute atomic E-state index is 5.35. The van der Waals surface area contributed by atoms with E-state index in [1.165, 1.54) is 5.01 Å². The topological polar surface area (TPSA) is 46.5 Å². The van der Waals surface area contributed by atoms with Gasteiger partial charge in [-0.3, -0.25) is 9.67 Å². The van der Waals surface area contributed by atoms with Crippen molar-refractivity contribution in [2.45, 2.75) is 53.0 Å². The normalized spacial score (nSPS) is 12.8. The summed E-state index contributed by atoms with van der Waals surface area (Å²) >= 11 is 7.08. The summed E-state index contributed by atoms with van der Waals surface area (Å²) in [5.74, 6) is 0.928. The van der Waals surface area contributed by atoms with E-state index in [-0.39, 0.29) is 0 Å². The summed E-state index contributed by atoms with van der Waals surface area (Å²) in [6.07, 6.45) is 3.17. The maximum Gasteiger partial charge on any atom is 0.195 e. The number of thiazole rings is 1. The summed E-state index contributed by atoms with van der Waals surface area (Å²) in [5, 5.41) is 8.50. The highest BCUT2D eigenvalue weighted by molar-refractivity contribution is 7.71. The van der Waals surface area contributed by atoms with Crippen LogP contribution in [0, 0.1) is 11.7 Å². The fraction of sp³-hybridized carbons (Fsp3) is 0.615. The first-order valence-corrected chi connectivity index (χ1v) is 7.94. The van der Waals surface area contributed by atoms with Crippen LogP contribution in [-0.2, 0) is 6.42 Å². The van der Waals surface area contributed by atoms with Gasteiger partial charge in [-0.25, -0.2) is 4.98 Å². The molecule has 2 rings (SSSR count). The van der Waals surface area contributed by atoms with Crippen LogP contribution in [0.5, 0.6) is 0 Å². The molecule has 0 aromatic carbocycles. The second-order valence-corrected chi connectivity index (χ2v) is 6.22. The lowest BCUT2D eigenvalue weighted by Gasteiger charge is -2.12. The minimum Gasteiger partial charge on any atom is -0.297 e. The fourth-order valence-electron chi connectivity index (χ4n) is 2.04. The van der Waals surface area contributed by atoms with Crippen molar-refractivity contribution < 1.29 is 0 Å². The highest BCUT2D eigenvalue weighted by Gasteiger charge is 2.18. The Kier molecular flexibility index (Phi) is 4.52. The first-order valence-electron chi connectivity index (χ1n) is 6.72. The smallest absolute Gasteiger partial charge is 0.195 e. The molecule has 2 aromatic rings. The minimum atomic E-state index is 0.345. The molecule has 1 N–H and O–H groups in total. The predicted octanol–water partition coefficient (Wildman–Crippen LogP) is 4.30. The van der Waals surface area contributed by atoms with Crippen LogP contribution >= 0.6 is 23.6 Å². The van der Waals surface area contributed by atoms with Crippen molar-refractivity contribution in [3.05, 3.63) is 15.5 Å². The number of aromatic nitrogens is 4. The molecular formula is C13H20N4S2. The Labute approximate surface area is 122 Å². The van der Waals surface area contributed by atoms with Crippen molar-refractivity contribution in [2.24, 2.45) is 0 Å². The summed E-state index contributed by atoms with van der Waals surface area (Å²) in [5.41, 5.74) is 1.05. The molecule has 0 bridgehead atoms. The van der Waals surface area contributed by atoms with Gasteiger partial charge in [0.25, 0.3) is 0 Å². The number of H-pyrrole nitrogens is 1. The van der Waals surface area contributed by atoms with E-state index in [1.54, 1.807) is 11.3 Å². The molecule has 2 heterocycles. The Hall–Kier alpha value is -1.01. The molecular weight excluding hydrogens is 276 g/mol. The van der Waals surface area contributed by atoms with Gasteiger partial charge in [0, 0.05) is 6.04 Å². The first kappa shape index (κ1) is 14.4. The van der Waals surface area contributed by atoms with Crippen molar-refractivity contribution >= 4 is 23.6 Å². The van der Waals surface area contributed by atoms with Gasteiger partial charge in [0.1, 0.15) is 0 Å². The molecule has 0 fully saturated rings. The minimum absolute atomic E-state index is 0.345. The third-order valence-electron chi connectivity index (χ3n) is 3.24. The van der Waals surface area contributed by atoms with Crippen LogP contribution in [-0.4, -0.2) is 19.7 Å². The number of nitrogens with one attached hydrogen (secondary N) is 1. The van der Waals surface area contributed by atoms with E-state index >= 15 is 0 Å². The number of nitrogens with zero attached hydrogens (tertiary/aromatic N) is 3. The molecule has 0 aliphatic carbocycles. The molecule has 0 saturated carbocycles. The number of hydrogen-bond donors (Lipinski definition) is 1. The molecule has 0 aliphatic heterocycles. The molecule has 19 heavy (non-hydrogen) atoms. The van der Waals surface area contributed by atoms with E-state index in [9.17, 15) is 0 Å². The Morgan fingerprint density at radius 2 is 2.16 bits per heavy atom.